The summed E-state index contributed by atoms with van der Waals surface area (Å²) in [7, 11) is 0.994. The van der Waals surface area contributed by atoms with E-state index in [1.54, 1.807) is 0 Å². The van der Waals surface area contributed by atoms with Gasteiger partial charge in [0.15, 0.2) is 6.10 Å². The first-order chi connectivity index (χ1) is 7.88. The Morgan fingerprint density at radius 1 is 1.41 bits per heavy atom. The van der Waals surface area contributed by atoms with Crippen molar-refractivity contribution in [2.24, 2.45) is 0 Å². The Kier molecular flexibility index (Phi) is 3.97. The highest BCUT2D eigenvalue weighted by Gasteiger charge is 2.29. The summed E-state index contributed by atoms with van der Waals surface area (Å²) >= 11 is 0. The van der Waals surface area contributed by atoms with Crippen LogP contribution in [0.15, 0.2) is 12.1 Å². The first kappa shape index (κ1) is 13.3. The van der Waals surface area contributed by atoms with E-state index in [0.29, 0.717) is 6.07 Å². The van der Waals surface area contributed by atoms with Crippen molar-refractivity contribution < 1.29 is 28.5 Å². The number of halogens is 2. The SMILES string of the molecule is COC(=O)C(O)C(O)c1cc(F)cc(F)c1N. The number of aliphatic hydroxyl groups excluding tert-OH is 2. The van der Waals surface area contributed by atoms with Gasteiger partial charge in [-0.1, -0.05) is 0 Å². The van der Waals surface area contributed by atoms with Gasteiger partial charge in [0, 0.05) is 11.6 Å². The molecule has 1 aromatic rings. The van der Waals surface area contributed by atoms with Gasteiger partial charge in [-0.3, -0.25) is 0 Å². The highest BCUT2D eigenvalue weighted by atomic mass is 19.1. The van der Waals surface area contributed by atoms with E-state index < -0.39 is 41.1 Å². The highest BCUT2D eigenvalue weighted by molar-refractivity contribution is 5.75. The molecule has 0 aliphatic carbocycles. The lowest BCUT2D eigenvalue weighted by atomic mass is 10.0. The van der Waals surface area contributed by atoms with Crippen molar-refractivity contribution in [1.82, 2.24) is 0 Å². The lowest BCUT2D eigenvalue weighted by Gasteiger charge is -2.17. The fraction of sp³-hybridized carbons (Fsp3) is 0.300. The van der Waals surface area contributed by atoms with Gasteiger partial charge in [0.2, 0.25) is 0 Å². The van der Waals surface area contributed by atoms with Crippen LogP contribution in [0, 0.1) is 11.6 Å². The Morgan fingerprint density at radius 3 is 2.53 bits per heavy atom. The maximum Gasteiger partial charge on any atom is 0.337 e. The lowest BCUT2D eigenvalue weighted by molar-refractivity contribution is -0.156. The van der Waals surface area contributed by atoms with Gasteiger partial charge in [0.25, 0.3) is 0 Å². The summed E-state index contributed by atoms with van der Waals surface area (Å²) in [6.45, 7) is 0. The van der Waals surface area contributed by atoms with E-state index in [0.717, 1.165) is 13.2 Å². The van der Waals surface area contributed by atoms with E-state index in [1.165, 1.54) is 0 Å². The van der Waals surface area contributed by atoms with Gasteiger partial charge >= 0.3 is 5.97 Å². The predicted molar refractivity (Wildman–Crippen MR) is 53.8 cm³/mol. The van der Waals surface area contributed by atoms with Crippen LogP contribution in [0.1, 0.15) is 11.7 Å². The summed E-state index contributed by atoms with van der Waals surface area (Å²) in [6.07, 6.45) is -3.84. The molecule has 0 spiro atoms. The molecule has 94 valence electrons. The molecular formula is C10H11F2NO4. The third-order valence-corrected chi connectivity index (χ3v) is 2.19. The van der Waals surface area contributed by atoms with E-state index >= 15 is 0 Å². The predicted octanol–water partition coefficient (Wildman–Crippen LogP) is 0.114. The zero-order valence-electron chi connectivity index (χ0n) is 8.85. The fourth-order valence-electron chi connectivity index (χ4n) is 1.27. The maximum absolute atomic E-state index is 13.1. The molecule has 0 radical (unpaired) electrons. The second-order valence-corrected chi connectivity index (χ2v) is 3.30. The van der Waals surface area contributed by atoms with Crippen LogP contribution < -0.4 is 5.73 Å². The molecule has 17 heavy (non-hydrogen) atoms. The van der Waals surface area contributed by atoms with Crippen molar-refractivity contribution in [3.8, 4) is 0 Å². The van der Waals surface area contributed by atoms with Crippen molar-refractivity contribution in [2.75, 3.05) is 12.8 Å². The maximum atomic E-state index is 13.1. The molecule has 0 bridgehead atoms. The van der Waals surface area contributed by atoms with Crippen LogP contribution in [0.4, 0.5) is 14.5 Å². The number of hydrogen-bond donors (Lipinski definition) is 3. The van der Waals surface area contributed by atoms with Gasteiger partial charge in [0.05, 0.1) is 12.8 Å². The quantitative estimate of drug-likeness (QED) is 0.521. The minimum atomic E-state index is -1.97. The normalized spacial score (nSPS) is 14.2. The number of carbonyl (C=O) groups excluding carboxylic acids is 1. The molecule has 2 atom stereocenters. The summed E-state index contributed by atoms with van der Waals surface area (Å²) < 4.78 is 30.2. The first-order valence-electron chi connectivity index (χ1n) is 4.56. The number of anilines is 1. The zero-order chi connectivity index (χ0) is 13.2. The van der Waals surface area contributed by atoms with Gasteiger partial charge in [0.1, 0.15) is 17.7 Å². The van der Waals surface area contributed by atoms with Crippen molar-refractivity contribution in [2.45, 2.75) is 12.2 Å². The molecule has 4 N–H and O–H groups in total. The van der Waals surface area contributed by atoms with E-state index in [-0.39, 0.29) is 0 Å². The molecule has 0 aliphatic heterocycles. The van der Waals surface area contributed by atoms with E-state index in [1.807, 2.05) is 0 Å². The van der Waals surface area contributed by atoms with E-state index in [9.17, 15) is 23.8 Å². The molecular weight excluding hydrogens is 236 g/mol. The van der Waals surface area contributed by atoms with Gasteiger partial charge in [-0.05, 0) is 6.07 Å². The Labute approximate surface area is 95.4 Å². The molecule has 0 saturated carbocycles. The molecule has 0 aromatic heterocycles. The average Bonchev–Trinajstić information content (AvgIpc) is 2.30. The molecule has 2 unspecified atom stereocenters. The first-order valence-corrected chi connectivity index (χ1v) is 4.56. The number of carbonyl (C=O) groups is 1. The van der Waals surface area contributed by atoms with Crippen LogP contribution >= 0.6 is 0 Å². The van der Waals surface area contributed by atoms with Crippen LogP contribution in [0.5, 0.6) is 0 Å². The largest absolute Gasteiger partial charge is 0.467 e. The number of benzene rings is 1. The van der Waals surface area contributed by atoms with Crippen LogP contribution in [0.3, 0.4) is 0 Å². The molecule has 1 aromatic carbocycles. The molecule has 0 amide bonds. The zero-order valence-corrected chi connectivity index (χ0v) is 8.85. The summed E-state index contributed by atoms with van der Waals surface area (Å²) in [5, 5.41) is 18.9. The van der Waals surface area contributed by atoms with Gasteiger partial charge in [-0.2, -0.15) is 0 Å². The number of nitrogen functional groups attached to an aromatic ring is 1. The van der Waals surface area contributed by atoms with Gasteiger partial charge < -0.3 is 20.7 Å². The molecule has 1 rings (SSSR count). The Hall–Kier alpha value is -1.73. The molecule has 0 saturated heterocycles. The lowest BCUT2D eigenvalue weighted by Crippen LogP contribution is -2.29. The number of esters is 1. The molecule has 5 nitrogen and oxygen atoms in total. The van der Waals surface area contributed by atoms with Crippen molar-refractivity contribution >= 4 is 11.7 Å². The number of aliphatic hydroxyl groups is 2. The van der Waals surface area contributed by atoms with Gasteiger partial charge in [-0.15, -0.1) is 0 Å². The van der Waals surface area contributed by atoms with Crippen LogP contribution in [-0.4, -0.2) is 29.4 Å². The van der Waals surface area contributed by atoms with Crippen molar-refractivity contribution in [3.63, 3.8) is 0 Å². The summed E-state index contributed by atoms with van der Waals surface area (Å²) in [4.78, 5) is 10.9. The number of nitrogens with two attached hydrogens (primary N) is 1. The van der Waals surface area contributed by atoms with Crippen molar-refractivity contribution in [3.05, 3.63) is 29.3 Å². The molecule has 0 fully saturated rings. The second kappa shape index (κ2) is 5.07. The molecule has 0 aliphatic rings. The Bertz CT molecular complexity index is 439. The minimum absolute atomic E-state index is 0.416. The summed E-state index contributed by atoms with van der Waals surface area (Å²) in [6, 6.07) is 1.26. The third-order valence-electron chi connectivity index (χ3n) is 2.19. The Morgan fingerprint density at radius 2 is 2.00 bits per heavy atom. The minimum Gasteiger partial charge on any atom is -0.467 e. The number of hydrogen-bond acceptors (Lipinski definition) is 5. The molecule has 7 heteroatoms. The van der Waals surface area contributed by atoms with Crippen LogP contribution in [0.2, 0.25) is 0 Å². The average molecular weight is 247 g/mol. The molecule has 0 heterocycles. The summed E-state index contributed by atoms with van der Waals surface area (Å²) in [5.74, 6) is -3.21. The monoisotopic (exact) mass is 247 g/mol. The third kappa shape index (κ3) is 2.69. The second-order valence-electron chi connectivity index (χ2n) is 3.30. The summed E-state index contributed by atoms with van der Waals surface area (Å²) in [5.41, 5.74) is 4.31. The van der Waals surface area contributed by atoms with Crippen LogP contribution in [-0.2, 0) is 9.53 Å². The van der Waals surface area contributed by atoms with Gasteiger partial charge in [-0.25, -0.2) is 13.6 Å². The standard InChI is InChI=1S/C10H11F2NO4/c1-17-10(16)9(15)8(14)5-2-4(11)3-6(12)7(5)13/h2-3,8-9,14-15H,13H2,1H3. The number of rotatable bonds is 3. The highest BCUT2D eigenvalue weighted by Crippen LogP contribution is 2.27. The number of ether oxygens (including phenoxy) is 1. The van der Waals surface area contributed by atoms with Crippen molar-refractivity contribution in [1.29, 1.82) is 0 Å². The van der Waals surface area contributed by atoms with E-state index in [4.69, 9.17) is 5.73 Å². The van der Waals surface area contributed by atoms with Crippen LogP contribution in [0.25, 0.3) is 0 Å². The topological polar surface area (TPSA) is 92.8 Å². The van der Waals surface area contributed by atoms with E-state index in [2.05, 4.69) is 4.74 Å². The Balaban J connectivity index is 3.12. The number of methoxy groups -OCH3 is 1. The smallest absolute Gasteiger partial charge is 0.337 e. The fourth-order valence-corrected chi connectivity index (χ4v) is 1.27.